The molecule has 1 saturated carbocycles. The van der Waals surface area contributed by atoms with Crippen molar-refractivity contribution in [2.75, 3.05) is 19.6 Å². The first kappa shape index (κ1) is 12.3. The monoisotopic (exact) mass is 220 g/mol. The normalized spacial score (nSPS) is 27.9. The zero-order valence-electron chi connectivity index (χ0n) is 9.01. The Labute approximate surface area is 91.9 Å². The van der Waals surface area contributed by atoms with Crippen molar-refractivity contribution in [2.24, 2.45) is 0 Å². The van der Waals surface area contributed by atoms with Crippen LogP contribution in [0.2, 0.25) is 0 Å². The number of rotatable bonds is 6. The summed E-state index contributed by atoms with van der Waals surface area (Å²) in [6.07, 6.45) is 7.67. The van der Waals surface area contributed by atoms with Crippen molar-refractivity contribution >= 4 is 11.6 Å². The molecule has 0 saturated heterocycles. The smallest absolute Gasteiger partial charge is 0.0599 e. The molecule has 0 bridgehead atoms. The van der Waals surface area contributed by atoms with Crippen LogP contribution >= 0.6 is 11.6 Å². The molecule has 1 fully saturated rings. The number of unbranched alkanes of at least 4 members (excludes halogenated alkanes) is 1. The number of hydrogen-bond acceptors (Lipinski definition) is 2. The van der Waals surface area contributed by atoms with E-state index >= 15 is 0 Å². The highest BCUT2D eigenvalue weighted by atomic mass is 35.5. The Morgan fingerprint density at radius 1 is 1.21 bits per heavy atom. The molecule has 0 aromatic carbocycles. The molecule has 0 amide bonds. The van der Waals surface area contributed by atoms with Crippen molar-refractivity contribution in [3.05, 3.63) is 0 Å². The molecule has 0 radical (unpaired) electrons. The van der Waals surface area contributed by atoms with E-state index in [1.807, 2.05) is 0 Å². The van der Waals surface area contributed by atoms with Crippen LogP contribution in [0, 0.1) is 0 Å². The lowest BCUT2D eigenvalue weighted by molar-refractivity contribution is -0.0299. The molecule has 1 aliphatic rings. The third kappa shape index (κ3) is 4.63. The van der Waals surface area contributed by atoms with Gasteiger partial charge in [-0.3, -0.25) is 0 Å². The van der Waals surface area contributed by atoms with Crippen LogP contribution in [0.25, 0.3) is 0 Å². The highest BCUT2D eigenvalue weighted by Crippen LogP contribution is 2.23. The Morgan fingerprint density at radius 2 is 2.00 bits per heavy atom. The second-order valence-electron chi connectivity index (χ2n) is 3.91. The van der Waals surface area contributed by atoms with Gasteiger partial charge in [0.2, 0.25) is 0 Å². The summed E-state index contributed by atoms with van der Waals surface area (Å²) in [5.74, 6) is 0.745. The zero-order valence-corrected chi connectivity index (χ0v) is 9.76. The van der Waals surface area contributed by atoms with E-state index in [4.69, 9.17) is 21.1 Å². The molecule has 0 spiro atoms. The van der Waals surface area contributed by atoms with Crippen LogP contribution in [0.4, 0.5) is 0 Å². The van der Waals surface area contributed by atoms with Crippen LogP contribution < -0.4 is 0 Å². The average Bonchev–Trinajstić information content (AvgIpc) is 2.25. The first-order valence-electron chi connectivity index (χ1n) is 5.57. The van der Waals surface area contributed by atoms with Gasteiger partial charge in [0.05, 0.1) is 12.2 Å². The molecule has 2 atom stereocenters. The Hall–Kier alpha value is 0.210. The summed E-state index contributed by atoms with van der Waals surface area (Å²) in [5, 5.41) is 0. The lowest BCUT2D eigenvalue weighted by Gasteiger charge is -2.28. The molecular weight excluding hydrogens is 200 g/mol. The number of ether oxygens (including phenoxy) is 2. The van der Waals surface area contributed by atoms with Gasteiger partial charge >= 0.3 is 0 Å². The molecule has 0 N–H and O–H groups in total. The van der Waals surface area contributed by atoms with Crippen molar-refractivity contribution in [1.29, 1.82) is 0 Å². The van der Waals surface area contributed by atoms with E-state index in [2.05, 4.69) is 0 Å². The standard InChI is InChI=1S/C11H21ClO2/c1-13-10-5-4-6-11(9-10)14-8-3-2-7-12/h10-11H,2-9H2,1H3. The topological polar surface area (TPSA) is 18.5 Å². The molecule has 0 aromatic heterocycles. The minimum absolute atomic E-state index is 0.418. The van der Waals surface area contributed by atoms with Crippen LogP contribution in [0.3, 0.4) is 0 Å². The second-order valence-corrected chi connectivity index (χ2v) is 4.29. The third-order valence-electron chi connectivity index (χ3n) is 2.79. The van der Waals surface area contributed by atoms with Gasteiger partial charge in [-0.05, 0) is 38.5 Å². The van der Waals surface area contributed by atoms with Gasteiger partial charge in [-0.25, -0.2) is 0 Å². The van der Waals surface area contributed by atoms with Crippen molar-refractivity contribution in [2.45, 2.75) is 50.7 Å². The van der Waals surface area contributed by atoms with Crippen molar-refractivity contribution in [3.8, 4) is 0 Å². The van der Waals surface area contributed by atoms with Gasteiger partial charge < -0.3 is 9.47 Å². The van der Waals surface area contributed by atoms with E-state index in [1.165, 1.54) is 19.3 Å². The lowest BCUT2D eigenvalue weighted by atomic mass is 9.95. The fraction of sp³-hybridized carbons (Fsp3) is 1.00. The summed E-state index contributed by atoms with van der Waals surface area (Å²) in [6, 6.07) is 0. The highest BCUT2D eigenvalue weighted by molar-refractivity contribution is 6.17. The first-order chi connectivity index (χ1) is 6.86. The van der Waals surface area contributed by atoms with Gasteiger partial charge in [-0.15, -0.1) is 11.6 Å². The van der Waals surface area contributed by atoms with Crippen LogP contribution in [0.15, 0.2) is 0 Å². The summed E-state index contributed by atoms with van der Waals surface area (Å²) >= 11 is 5.59. The van der Waals surface area contributed by atoms with E-state index in [0.29, 0.717) is 12.2 Å². The fourth-order valence-corrected chi connectivity index (χ4v) is 2.10. The predicted molar refractivity (Wildman–Crippen MR) is 59.0 cm³/mol. The Balaban J connectivity index is 2.05. The summed E-state index contributed by atoms with van der Waals surface area (Å²) < 4.78 is 11.1. The van der Waals surface area contributed by atoms with Crippen LogP contribution in [0.1, 0.15) is 38.5 Å². The van der Waals surface area contributed by atoms with E-state index in [0.717, 1.165) is 31.7 Å². The Bertz CT molecular complexity index is 141. The predicted octanol–water partition coefficient (Wildman–Crippen LogP) is 2.98. The van der Waals surface area contributed by atoms with Gasteiger partial charge in [0.1, 0.15) is 0 Å². The van der Waals surface area contributed by atoms with E-state index in [-0.39, 0.29) is 0 Å². The second kappa shape index (κ2) is 7.49. The highest BCUT2D eigenvalue weighted by Gasteiger charge is 2.21. The van der Waals surface area contributed by atoms with Gasteiger partial charge in [-0.1, -0.05) is 0 Å². The fourth-order valence-electron chi connectivity index (χ4n) is 1.91. The minimum Gasteiger partial charge on any atom is -0.381 e. The molecule has 84 valence electrons. The van der Waals surface area contributed by atoms with Gasteiger partial charge in [0.15, 0.2) is 0 Å². The molecule has 0 heterocycles. The number of alkyl halides is 1. The van der Waals surface area contributed by atoms with Crippen LogP contribution in [-0.4, -0.2) is 31.8 Å². The maximum atomic E-state index is 5.78. The molecule has 2 nitrogen and oxygen atoms in total. The quantitative estimate of drug-likeness (QED) is 0.506. The van der Waals surface area contributed by atoms with E-state index in [9.17, 15) is 0 Å². The summed E-state index contributed by atoms with van der Waals surface area (Å²) in [4.78, 5) is 0. The molecule has 0 aromatic rings. The molecule has 0 aliphatic heterocycles. The van der Waals surface area contributed by atoms with Crippen LogP contribution in [-0.2, 0) is 9.47 Å². The number of methoxy groups -OCH3 is 1. The Morgan fingerprint density at radius 3 is 2.71 bits per heavy atom. The lowest BCUT2D eigenvalue weighted by Crippen LogP contribution is -2.27. The summed E-state index contributed by atoms with van der Waals surface area (Å²) in [7, 11) is 1.79. The maximum Gasteiger partial charge on any atom is 0.0599 e. The minimum atomic E-state index is 0.418. The van der Waals surface area contributed by atoms with Crippen molar-refractivity contribution in [3.63, 3.8) is 0 Å². The molecule has 1 rings (SSSR count). The first-order valence-corrected chi connectivity index (χ1v) is 6.10. The van der Waals surface area contributed by atoms with Gasteiger partial charge in [-0.2, -0.15) is 0 Å². The molecular formula is C11H21ClO2. The molecule has 2 unspecified atom stereocenters. The van der Waals surface area contributed by atoms with Crippen molar-refractivity contribution in [1.82, 2.24) is 0 Å². The average molecular weight is 221 g/mol. The Kier molecular flexibility index (Phi) is 6.57. The van der Waals surface area contributed by atoms with Gasteiger partial charge in [0, 0.05) is 19.6 Å². The number of halogens is 1. The maximum absolute atomic E-state index is 5.78. The summed E-state index contributed by atoms with van der Waals surface area (Å²) in [5.41, 5.74) is 0. The zero-order chi connectivity index (χ0) is 10.2. The number of hydrogen-bond donors (Lipinski definition) is 0. The molecule has 3 heteroatoms. The SMILES string of the molecule is COC1CCCC(OCCCCCl)C1. The van der Waals surface area contributed by atoms with Gasteiger partial charge in [0.25, 0.3) is 0 Å². The molecule has 14 heavy (non-hydrogen) atoms. The summed E-state index contributed by atoms with van der Waals surface area (Å²) in [6.45, 7) is 0.855. The van der Waals surface area contributed by atoms with E-state index in [1.54, 1.807) is 7.11 Å². The molecule has 1 aliphatic carbocycles. The van der Waals surface area contributed by atoms with E-state index < -0.39 is 0 Å². The third-order valence-corrected chi connectivity index (χ3v) is 3.06. The largest absolute Gasteiger partial charge is 0.381 e. The van der Waals surface area contributed by atoms with Crippen molar-refractivity contribution < 1.29 is 9.47 Å². The van der Waals surface area contributed by atoms with Crippen LogP contribution in [0.5, 0.6) is 0 Å².